The summed E-state index contributed by atoms with van der Waals surface area (Å²) in [5, 5.41) is 10.8. The van der Waals surface area contributed by atoms with Crippen molar-refractivity contribution in [3.05, 3.63) is 69.8 Å². The molecule has 5 rings (SSSR count). The van der Waals surface area contributed by atoms with Crippen LogP contribution in [0.15, 0.2) is 52.1 Å². The van der Waals surface area contributed by atoms with Crippen LogP contribution in [0.5, 0.6) is 0 Å². The molecule has 8 nitrogen and oxygen atoms in total. The van der Waals surface area contributed by atoms with Crippen LogP contribution in [-0.2, 0) is 4.79 Å². The lowest BCUT2D eigenvalue weighted by Crippen LogP contribution is -2.36. The van der Waals surface area contributed by atoms with Crippen LogP contribution < -0.4 is 0 Å². The van der Waals surface area contributed by atoms with Crippen LogP contribution in [0, 0.1) is 13.8 Å². The third-order valence-electron chi connectivity index (χ3n) is 5.96. The maximum absolute atomic E-state index is 13.8. The fraction of sp³-hybridized carbons (Fsp3) is 0.292. The summed E-state index contributed by atoms with van der Waals surface area (Å²) < 4.78 is 7.77. The maximum atomic E-state index is 13.8. The minimum absolute atomic E-state index is 0.0463. The van der Waals surface area contributed by atoms with Gasteiger partial charge < -0.3 is 19.3 Å². The number of fused-ring (bicyclic) bond motifs is 3. The highest BCUT2D eigenvalue weighted by atomic mass is 32.1. The molecule has 0 radical (unpaired) electrons. The van der Waals surface area contributed by atoms with E-state index in [0.717, 1.165) is 16.7 Å². The molecule has 0 saturated heterocycles. The maximum Gasteiger partial charge on any atom is 0.290 e. The number of aliphatic hydroxyl groups is 1. The number of ketones is 1. The molecule has 1 N–H and O–H groups in total. The second-order valence-electron chi connectivity index (χ2n) is 8.48. The zero-order chi connectivity index (χ0) is 23.4. The number of aromatic nitrogens is 2. The number of carbonyl (C=O) groups excluding carboxylic acids is 2. The van der Waals surface area contributed by atoms with Crippen molar-refractivity contribution in [2.45, 2.75) is 19.9 Å². The molecule has 3 aromatic heterocycles. The Hall–Kier alpha value is -3.43. The first kappa shape index (κ1) is 21.4. The predicted octanol–water partition coefficient (Wildman–Crippen LogP) is 3.90. The van der Waals surface area contributed by atoms with E-state index in [0.29, 0.717) is 34.4 Å². The molecule has 0 fully saturated rings. The first-order valence-electron chi connectivity index (χ1n) is 10.6. The highest BCUT2D eigenvalue weighted by molar-refractivity contribution is 7.19. The second-order valence-corrected chi connectivity index (χ2v) is 9.46. The molecule has 1 amide bonds. The SMILES string of the molecule is Cc1ccc(C2C(C(=O)c3sc4nc5ccccc5n4c3C)=C(O)C(=O)N2CCN(C)C)o1. The van der Waals surface area contributed by atoms with Gasteiger partial charge >= 0.3 is 0 Å². The largest absolute Gasteiger partial charge is 0.503 e. The van der Waals surface area contributed by atoms with Crippen molar-refractivity contribution in [1.29, 1.82) is 0 Å². The van der Waals surface area contributed by atoms with E-state index in [2.05, 4.69) is 4.98 Å². The van der Waals surface area contributed by atoms with E-state index in [1.165, 1.54) is 16.2 Å². The number of carbonyl (C=O) groups is 2. The lowest BCUT2D eigenvalue weighted by atomic mass is 9.99. The molecule has 1 unspecified atom stereocenters. The average Bonchev–Trinajstić information content (AvgIpc) is 3.50. The van der Waals surface area contributed by atoms with Crippen molar-refractivity contribution in [2.24, 2.45) is 0 Å². The van der Waals surface area contributed by atoms with Crippen molar-refractivity contribution < 1.29 is 19.1 Å². The molecule has 1 aliphatic rings. The summed E-state index contributed by atoms with van der Waals surface area (Å²) in [5.41, 5.74) is 2.53. The van der Waals surface area contributed by atoms with E-state index in [9.17, 15) is 14.7 Å². The van der Waals surface area contributed by atoms with Crippen molar-refractivity contribution in [2.75, 3.05) is 27.2 Å². The van der Waals surface area contributed by atoms with Gasteiger partial charge in [-0.1, -0.05) is 23.5 Å². The van der Waals surface area contributed by atoms with Crippen LogP contribution in [0.4, 0.5) is 0 Å². The molecule has 1 atom stereocenters. The number of imidazole rings is 1. The van der Waals surface area contributed by atoms with Crippen molar-refractivity contribution in [1.82, 2.24) is 19.2 Å². The van der Waals surface area contributed by atoms with Gasteiger partial charge in [-0.3, -0.25) is 14.0 Å². The molecule has 170 valence electrons. The first-order valence-corrected chi connectivity index (χ1v) is 11.5. The summed E-state index contributed by atoms with van der Waals surface area (Å²) in [6.07, 6.45) is 0. The summed E-state index contributed by atoms with van der Waals surface area (Å²) in [4.78, 5) is 36.1. The van der Waals surface area contributed by atoms with Gasteiger partial charge in [0, 0.05) is 18.8 Å². The Morgan fingerprint density at radius 2 is 1.97 bits per heavy atom. The zero-order valence-electron chi connectivity index (χ0n) is 18.8. The number of aliphatic hydroxyl groups excluding tert-OH is 1. The molecule has 33 heavy (non-hydrogen) atoms. The number of thiazole rings is 1. The van der Waals surface area contributed by atoms with Crippen LogP contribution in [-0.4, -0.2) is 63.2 Å². The number of hydrogen-bond acceptors (Lipinski definition) is 7. The Morgan fingerprint density at radius 3 is 2.67 bits per heavy atom. The number of aryl methyl sites for hydroxylation is 2. The van der Waals surface area contributed by atoms with Crippen LogP contribution in [0.3, 0.4) is 0 Å². The van der Waals surface area contributed by atoms with E-state index in [1.807, 2.05) is 54.6 Å². The summed E-state index contributed by atoms with van der Waals surface area (Å²) in [6.45, 7) is 4.58. The third-order valence-corrected chi connectivity index (χ3v) is 7.10. The highest BCUT2D eigenvalue weighted by Crippen LogP contribution is 2.41. The molecule has 0 aliphatic carbocycles. The highest BCUT2D eigenvalue weighted by Gasteiger charge is 2.46. The van der Waals surface area contributed by atoms with E-state index >= 15 is 0 Å². The van der Waals surface area contributed by atoms with E-state index in [1.54, 1.807) is 19.1 Å². The van der Waals surface area contributed by atoms with Gasteiger partial charge in [0.05, 0.1) is 21.5 Å². The van der Waals surface area contributed by atoms with Crippen molar-refractivity contribution in [3.8, 4) is 0 Å². The van der Waals surface area contributed by atoms with Gasteiger partial charge in [0.2, 0.25) is 5.78 Å². The van der Waals surface area contributed by atoms with Gasteiger partial charge in [-0.2, -0.15) is 0 Å². The number of amides is 1. The molecular weight excluding hydrogens is 440 g/mol. The number of hydrogen-bond donors (Lipinski definition) is 1. The Labute approximate surface area is 194 Å². The van der Waals surface area contributed by atoms with Gasteiger partial charge in [-0.15, -0.1) is 0 Å². The normalized spacial score (nSPS) is 16.8. The minimum atomic E-state index is -0.788. The smallest absolute Gasteiger partial charge is 0.290 e. The molecule has 1 aliphatic heterocycles. The van der Waals surface area contributed by atoms with Crippen molar-refractivity contribution in [3.63, 3.8) is 0 Å². The van der Waals surface area contributed by atoms with Crippen LogP contribution in [0.1, 0.15) is 32.9 Å². The Kier molecular flexibility index (Phi) is 5.10. The molecular formula is C24H24N4O4S. The quantitative estimate of drug-likeness (QED) is 0.435. The molecule has 4 heterocycles. The number of benzene rings is 1. The molecule has 0 spiro atoms. The molecule has 0 saturated carbocycles. The monoisotopic (exact) mass is 464 g/mol. The van der Waals surface area contributed by atoms with Crippen LogP contribution in [0.2, 0.25) is 0 Å². The van der Waals surface area contributed by atoms with Gasteiger partial charge in [0.15, 0.2) is 10.7 Å². The van der Waals surface area contributed by atoms with Crippen LogP contribution in [0.25, 0.3) is 16.0 Å². The van der Waals surface area contributed by atoms with Gasteiger partial charge in [0.1, 0.15) is 17.6 Å². The molecule has 1 aromatic carbocycles. The van der Waals surface area contributed by atoms with Gasteiger partial charge in [-0.05, 0) is 52.2 Å². The molecule has 0 bridgehead atoms. The zero-order valence-corrected chi connectivity index (χ0v) is 19.6. The van der Waals surface area contributed by atoms with Crippen molar-refractivity contribution >= 4 is 39.0 Å². The fourth-order valence-electron chi connectivity index (χ4n) is 4.32. The van der Waals surface area contributed by atoms with Gasteiger partial charge in [-0.25, -0.2) is 4.98 Å². The average molecular weight is 465 g/mol. The first-order chi connectivity index (χ1) is 15.8. The number of nitrogens with zero attached hydrogens (tertiary/aromatic N) is 4. The lowest BCUT2D eigenvalue weighted by molar-refractivity contribution is -0.129. The summed E-state index contributed by atoms with van der Waals surface area (Å²) >= 11 is 1.26. The fourth-order valence-corrected chi connectivity index (χ4v) is 5.41. The predicted molar refractivity (Wildman–Crippen MR) is 126 cm³/mol. The Morgan fingerprint density at radius 1 is 1.21 bits per heavy atom. The second kappa shape index (κ2) is 7.86. The number of furan rings is 1. The number of likely N-dealkylation sites (N-methyl/N-ethyl adjacent to an activating group) is 1. The summed E-state index contributed by atoms with van der Waals surface area (Å²) in [6, 6.07) is 10.5. The standard InChI is InChI=1S/C24H24N4O4S/c1-13-9-10-17(32-13)19-18(21(30)23(31)27(19)12-11-26(3)4)20(29)22-14(2)28-16-8-6-5-7-15(16)25-24(28)33-22/h5-10,19,30H,11-12H2,1-4H3. The number of para-hydroxylation sites is 2. The number of Topliss-reactive ketones (excluding diaryl/α,β-unsaturated/α-hetero) is 1. The minimum Gasteiger partial charge on any atom is -0.503 e. The summed E-state index contributed by atoms with van der Waals surface area (Å²) in [5.74, 6) is -0.349. The third kappa shape index (κ3) is 3.35. The van der Waals surface area contributed by atoms with E-state index in [4.69, 9.17) is 4.42 Å². The van der Waals surface area contributed by atoms with E-state index in [-0.39, 0.29) is 11.4 Å². The van der Waals surface area contributed by atoms with E-state index < -0.39 is 17.7 Å². The molecule has 4 aromatic rings. The lowest BCUT2D eigenvalue weighted by Gasteiger charge is -2.26. The molecule has 9 heteroatoms. The Balaban J connectivity index is 1.62. The topological polar surface area (TPSA) is 91.3 Å². The Bertz CT molecular complexity index is 1440. The number of rotatable bonds is 6. The summed E-state index contributed by atoms with van der Waals surface area (Å²) in [7, 11) is 3.81. The van der Waals surface area contributed by atoms with Gasteiger partial charge in [0.25, 0.3) is 5.91 Å². The van der Waals surface area contributed by atoms with Crippen LogP contribution >= 0.6 is 11.3 Å².